The monoisotopic (exact) mass is 429 g/mol. The number of hydrogen-bond acceptors (Lipinski definition) is 4. The predicted octanol–water partition coefficient (Wildman–Crippen LogP) is 5.47. The van der Waals surface area contributed by atoms with E-state index in [1.807, 2.05) is 45.0 Å². The Balaban J connectivity index is 2.22. The van der Waals surface area contributed by atoms with Gasteiger partial charge < -0.3 is 14.6 Å². The highest BCUT2D eigenvalue weighted by atomic mass is 79.9. The molecule has 0 saturated carbocycles. The number of benzene rings is 2. The number of nitrogens with zero attached hydrogens (tertiary/aromatic N) is 1. The Labute approximate surface area is 166 Å². The second-order valence-corrected chi connectivity index (χ2v) is 7.39. The standard InChI is InChI=1S/C21H20BrNO4/c1-11(2)27-20-16(22)8-13(9-19(20)26-4)18-10-15(21(24)25)14-7-12(3)5-6-17(14)23-18/h5-11H,1-4H3,(H,24,25). The molecule has 27 heavy (non-hydrogen) atoms. The van der Waals surface area contributed by atoms with Crippen LogP contribution in [0, 0.1) is 6.92 Å². The van der Waals surface area contributed by atoms with Gasteiger partial charge in [-0.1, -0.05) is 11.6 Å². The topological polar surface area (TPSA) is 68.7 Å². The maximum atomic E-state index is 11.8. The normalized spacial score (nSPS) is 11.0. The van der Waals surface area contributed by atoms with Crippen LogP contribution in [0.1, 0.15) is 29.8 Å². The number of carbonyl (C=O) groups is 1. The molecule has 1 N–H and O–H groups in total. The van der Waals surface area contributed by atoms with Gasteiger partial charge in [0.2, 0.25) is 0 Å². The number of carboxylic acids is 1. The van der Waals surface area contributed by atoms with Gasteiger partial charge in [-0.15, -0.1) is 0 Å². The molecule has 0 aliphatic heterocycles. The Morgan fingerprint density at radius 3 is 2.56 bits per heavy atom. The number of halogens is 1. The molecule has 0 aliphatic rings. The van der Waals surface area contributed by atoms with Gasteiger partial charge in [-0.2, -0.15) is 0 Å². The predicted molar refractivity (Wildman–Crippen MR) is 109 cm³/mol. The average molecular weight is 430 g/mol. The smallest absolute Gasteiger partial charge is 0.336 e. The Morgan fingerprint density at radius 2 is 1.93 bits per heavy atom. The number of aromatic nitrogens is 1. The van der Waals surface area contributed by atoms with Gasteiger partial charge in [0.15, 0.2) is 11.5 Å². The summed E-state index contributed by atoms with van der Waals surface area (Å²) in [6, 6.07) is 10.8. The lowest BCUT2D eigenvalue weighted by Crippen LogP contribution is -2.07. The van der Waals surface area contributed by atoms with Crippen molar-refractivity contribution in [2.24, 2.45) is 0 Å². The molecule has 2 aromatic carbocycles. The van der Waals surface area contributed by atoms with E-state index in [-0.39, 0.29) is 11.7 Å². The number of fused-ring (bicyclic) bond motifs is 1. The number of carboxylic acid groups (broad SMARTS) is 1. The molecule has 0 radical (unpaired) electrons. The third kappa shape index (κ3) is 3.90. The van der Waals surface area contributed by atoms with E-state index in [4.69, 9.17) is 9.47 Å². The van der Waals surface area contributed by atoms with Gasteiger partial charge in [0.1, 0.15) is 0 Å². The van der Waals surface area contributed by atoms with Crippen molar-refractivity contribution in [2.45, 2.75) is 26.9 Å². The molecule has 0 atom stereocenters. The Bertz CT molecular complexity index is 1030. The minimum atomic E-state index is -0.986. The van der Waals surface area contributed by atoms with Crippen molar-refractivity contribution in [3.8, 4) is 22.8 Å². The molecule has 0 bridgehead atoms. The molecule has 0 aliphatic carbocycles. The van der Waals surface area contributed by atoms with Crippen LogP contribution in [-0.2, 0) is 0 Å². The number of pyridine rings is 1. The van der Waals surface area contributed by atoms with Crippen molar-refractivity contribution in [2.75, 3.05) is 7.11 Å². The van der Waals surface area contributed by atoms with E-state index >= 15 is 0 Å². The zero-order valence-electron chi connectivity index (χ0n) is 15.5. The van der Waals surface area contributed by atoms with Gasteiger partial charge in [0.05, 0.1) is 34.5 Å². The van der Waals surface area contributed by atoms with E-state index in [0.717, 1.165) is 11.1 Å². The lowest BCUT2D eigenvalue weighted by molar-refractivity contribution is 0.0699. The highest BCUT2D eigenvalue weighted by Crippen LogP contribution is 2.40. The zero-order valence-corrected chi connectivity index (χ0v) is 17.1. The summed E-state index contributed by atoms with van der Waals surface area (Å²) in [7, 11) is 1.57. The number of aromatic carboxylic acids is 1. The third-order valence-electron chi connectivity index (χ3n) is 4.07. The van der Waals surface area contributed by atoms with Crippen molar-refractivity contribution < 1.29 is 19.4 Å². The fourth-order valence-corrected chi connectivity index (χ4v) is 3.42. The molecular formula is C21H20BrNO4. The van der Waals surface area contributed by atoms with Crippen molar-refractivity contribution in [3.63, 3.8) is 0 Å². The van der Waals surface area contributed by atoms with Crippen LogP contribution >= 0.6 is 15.9 Å². The quantitative estimate of drug-likeness (QED) is 0.582. The largest absolute Gasteiger partial charge is 0.493 e. The van der Waals surface area contributed by atoms with Gasteiger partial charge in [0, 0.05) is 10.9 Å². The molecular weight excluding hydrogens is 410 g/mol. The van der Waals surface area contributed by atoms with E-state index in [0.29, 0.717) is 32.6 Å². The summed E-state index contributed by atoms with van der Waals surface area (Å²) in [4.78, 5) is 16.4. The van der Waals surface area contributed by atoms with Crippen LogP contribution in [0.2, 0.25) is 0 Å². The van der Waals surface area contributed by atoms with Crippen LogP contribution in [-0.4, -0.2) is 29.3 Å². The maximum absolute atomic E-state index is 11.8. The molecule has 0 fully saturated rings. The summed E-state index contributed by atoms with van der Waals surface area (Å²) in [6.07, 6.45) is -0.0123. The van der Waals surface area contributed by atoms with Crippen LogP contribution in [0.15, 0.2) is 40.9 Å². The second-order valence-electron chi connectivity index (χ2n) is 6.54. The van der Waals surface area contributed by atoms with E-state index in [1.54, 1.807) is 19.2 Å². The van der Waals surface area contributed by atoms with E-state index in [2.05, 4.69) is 20.9 Å². The Kier molecular flexibility index (Phi) is 5.37. The SMILES string of the molecule is COc1cc(-c2cc(C(=O)O)c3cc(C)ccc3n2)cc(Br)c1OC(C)C. The van der Waals surface area contributed by atoms with Crippen LogP contribution in [0.4, 0.5) is 0 Å². The summed E-state index contributed by atoms with van der Waals surface area (Å²) in [5.41, 5.74) is 3.13. The van der Waals surface area contributed by atoms with Gasteiger partial charge >= 0.3 is 5.97 Å². The molecule has 3 rings (SSSR count). The molecule has 0 saturated heterocycles. The van der Waals surface area contributed by atoms with Crippen LogP contribution in [0.3, 0.4) is 0 Å². The summed E-state index contributed by atoms with van der Waals surface area (Å²) < 4.78 is 12.0. The second kappa shape index (κ2) is 7.56. The van der Waals surface area contributed by atoms with E-state index < -0.39 is 5.97 Å². The van der Waals surface area contributed by atoms with Gasteiger partial charge in [0.25, 0.3) is 0 Å². The minimum Gasteiger partial charge on any atom is -0.493 e. The number of rotatable bonds is 5. The number of ether oxygens (including phenoxy) is 2. The first kappa shape index (κ1) is 19.2. The highest BCUT2D eigenvalue weighted by molar-refractivity contribution is 9.10. The average Bonchev–Trinajstić information content (AvgIpc) is 2.61. The Morgan fingerprint density at radius 1 is 1.19 bits per heavy atom. The minimum absolute atomic E-state index is 0.0123. The van der Waals surface area contributed by atoms with Crippen molar-refractivity contribution in [3.05, 3.63) is 52.0 Å². The first-order valence-corrected chi connectivity index (χ1v) is 9.28. The molecule has 5 nitrogen and oxygen atoms in total. The van der Waals surface area contributed by atoms with Gasteiger partial charge in [-0.05, 0) is 67.0 Å². The van der Waals surface area contributed by atoms with E-state index in [1.165, 1.54) is 0 Å². The van der Waals surface area contributed by atoms with Crippen LogP contribution in [0.5, 0.6) is 11.5 Å². The molecule has 1 heterocycles. The molecule has 6 heteroatoms. The summed E-state index contributed by atoms with van der Waals surface area (Å²) in [5.74, 6) is 0.168. The summed E-state index contributed by atoms with van der Waals surface area (Å²) in [6.45, 7) is 5.80. The number of methoxy groups -OCH3 is 1. The number of aryl methyl sites for hydroxylation is 1. The molecule has 140 valence electrons. The van der Waals surface area contributed by atoms with Crippen LogP contribution in [0.25, 0.3) is 22.2 Å². The lowest BCUT2D eigenvalue weighted by atomic mass is 10.0. The molecule has 0 unspecified atom stereocenters. The first-order chi connectivity index (χ1) is 12.8. The highest BCUT2D eigenvalue weighted by Gasteiger charge is 2.17. The van der Waals surface area contributed by atoms with Crippen molar-refractivity contribution >= 4 is 32.8 Å². The summed E-state index contributed by atoms with van der Waals surface area (Å²) >= 11 is 3.52. The maximum Gasteiger partial charge on any atom is 0.336 e. The third-order valence-corrected chi connectivity index (χ3v) is 4.66. The zero-order chi connectivity index (χ0) is 19.7. The number of hydrogen-bond donors (Lipinski definition) is 1. The van der Waals surface area contributed by atoms with Crippen LogP contribution < -0.4 is 9.47 Å². The molecule has 0 amide bonds. The fraction of sp³-hybridized carbons (Fsp3) is 0.238. The van der Waals surface area contributed by atoms with E-state index in [9.17, 15) is 9.90 Å². The molecule has 3 aromatic rings. The Hall–Kier alpha value is -2.60. The van der Waals surface area contributed by atoms with Gasteiger partial charge in [-0.3, -0.25) is 0 Å². The molecule has 1 aromatic heterocycles. The van der Waals surface area contributed by atoms with Gasteiger partial charge in [-0.25, -0.2) is 9.78 Å². The summed E-state index contributed by atoms with van der Waals surface area (Å²) in [5, 5.41) is 10.3. The van der Waals surface area contributed by atoms with Crippen molar-refractivity contribution in [1.82, 2.24) is 4.98 Å². The fourth-order valence-electron chi connectivity index (χ4n) is 2.88. The lowest BCUT2D eigenvalue weighted by Gasteiger charge is -2.17. The van der Waals surface area contributed by atoms with Crippen molar-refractivity contribution in [1.29, 1.82) is 0 Å². The molecule has 0 spiro atoms. The first-order valence-electron chi connectivity index (χ1n) is 8.49.